The van der Waals surface area contributed by atoms with Crippen LogP contribution in [0.25, 0.3) is 0 Å². The van der Waals surface area contributed by atoms with Gasteiger partial charge < -0.3 is 9.47 Å². The van der Waals surface area contributed by atoms with Gasteiger partial charge in [-0.25, -0.2) is 13.2 Å². The summed E-state index contributed by atoms with van der Waals surface area (Å²) in [6.07, 6.45) is -1.41. The lowest BCUT2D eigenvalue weighted by Crippen LogP contribution is -2.15. The monoisotopic (exact) mass is 483 g/mol. The third kappa shape index (κ3) is 4.87. The molecule has 0 bridgehead atoms. The lowest BCUT2D eigenvalue weighted by molar-refractivity contribution is -0.149. The van der Waals surface area contributed by atoms with Gasteiger partial charge in [0.1, 0.15) is 17.6 Å². The van der Waals surface area contributed by atoms with Gasteiger partial charge in [-0.2, -0.15) is 5.26 Å². The molecule has 32 heavy (non-hydrogen) atoms. The molecule has 3 unspecified atom stereocenters. The number of allylic oxidation sites excluding steroid dienone is 2. The van der Waals surface area contributed by atoms with Crippen molar-refractivity contribution in [1.29, 1.82) is 5.26 Å². The minimum absolute atomic E-state index is 0.159. The number of esters is 1. The van der Waals surface area contributed by atoms with Crippen molar-refractivity contribution in [3.63, 3.8) is 0 Å². The zero-order chi connectivity index (χ0) is 23.6. The highest BCUT2D eigenvalue weighted by Crippen LogP contribution is 2.63. The lowest BCUT2D eigenvalue weighted by atomic mass is 10.1. The Morgan fingerprint density at radius 1 is 1.12 bits per heavy atom. The van der Waals surface area contributed by atoms with E-state index in [1.807, 2.05) is 6.07 Å². The highest BCUT2D eigenvalue weighted by Gasteiger charge is 2.66. The van der Waals surface area contributed by atoms with E-state index in [4.69, 9.17) is 32.7 Å². The fourth-order valence-corrected chi connectivity index (χ4v) is 3.75. The van der Waals surface area contributed by atoms with Crippen LogP contribution in [0.5, 0.6) is 11.5 Å². The van der Waals surface area contributed by atoms with Gasteiger partial charge in [-0.1, -0.05) is 61.3 Å². The van der Waals surface area contributed by atoms with Crippen molar-refractivity contribution in [2.24, 2.45) is 17.3 Å². The number of carbonyl (C=O) groups excluding carboxylic acids is 1. The van der Waals surface area contributed by atoms with E-state index >= 15 is 0 Å². The normalized spacial score (nSPS) is 20.7. The molecule has 1 fully saturated rings. The fourth-order valence-electron chi connectivity index (χ4n) is 3.54. The summed E-state index contributed by atoms with van der Waals surface area (Å²) in [4.78, 5) is 11.0. The molecule has 0 aliphatic heterocycles. The summed E-state index contributed by atoms with van der Waals surface area (Å²) in [7, 11) is 0. The third-order valence-electron chi connectivity index (χ3n) is 5.35. The fraction of sp³-hybridized carbons (Fsp3) is 0.304. The number of nitrogens with zero attached hydrogens (tertiary/aromatic N) is 1. The average molecular weight is 484 g/mol. The van der Waals surface area contributed by atoms with Gasteiger partial charge in [0, 0.05) is 11.5 Å². The second-order valence-electron chi connectivity index (χ2n) is 7.82. The second kappa shape index (κ2) is 9.43. The zero-order valence-electron chi connectivity index (χ0n) is 17.0. The van der Waals surface area contributed by atoms with Gasteiger partial charge >= 0.3 is 5.97 Å². The Labute approximate surface area is 193 Å². The Morgan fingerprint density at radius 3 is 2.38 bits per heavy atom. The first kappa shape index (κ1) is 24.0. The molecule has 9 heteroatoms. The molecule has 168 valence electrons. The first-order valence-corrected chi connectivity index (χ1v) is 10.4. The van der Waals surface area contributed by atoms with E-state index in [0.717, 1.165) is 6.07 Å². The van der Waals surface area contributed by atoms with Crippen LogP contribution in [0.1, 0.15) is 25.5 Å². The van der Waals surface area contributed by atoms with Crippen LogP contribution in [0.4, 0.5) is 13.2 Å². The molecular formula is C23H18Cl2F3NO3. The topological polar surface area (TPSA) is 59.3 Å². The van der Waals surface area contributed by atoms with Crippen molar-refractivity contribution in [2.75, 3.05) is 0 Å². The van der Waals surface area contributed by atoms with Gasteiger partial charge in [0.15, 0.2) is 22.2 Å². The predicted octanol–water partition coefficient (Wildman–Crippen LogP) is 6.95. The molecule has 0 spiro atoms. The number of alkyl halides is 2. The van der Waals surface area contributed by atoms with Crippen molar-refractivity contribution in [1.82, 2.24) is 0 Å². The van der Waals surface area contributed by atoms with Crippen LogP contribution < -0.4 is 4.74 Å². The number of benzene rings is 2. The highest BCUT2D eigenvalue weighted by atomic mass is 35.5. The lowest BCUT2D eigenvalue weighted by Gasteiger charge is -2.14. The molecule has 1 aliphatic rings. The van der Waals surface area contributed by atoms with Crippen LogP contribution in [0.2, 0.25) is 0 Å². The molecule has 2 aromatic rings. The summed E-state index contributed by atoms with van der Waals surface area (Å²) in [6.45, 7) is 3.11. The smallest absolute Gasteiger partial charge is 0.311 e. The Morgan fingerprint density at radius 2 is 1.78 bits per heavy atom. The average Bonchev–Trinajstić information content (AvgIpc) is 3.35. The summed E-state index contributed by atoms with van der Waals surface area (Å²) >= 11 is 10.8. The summed E-state index contributed by atoms with van der Waals surface area (Å²) < 4.78 is 53.2. The van der Waals surface area contributed by atoms with E-state index in [0.29, 0.717) is 5.75 Å². The number of para-hydroxylation sites is 1. The third-order valence-corrected chi connectivity index (χ3v) is 5.74. The van der Waals surface area contributed by atoms with Crippen LogP contribution in [0, 0.1) is 34.4 Å². The summed E-state index contributed by atoms with van der Waals surface area (Å²) in [5.74, 6) is -6.12. The van der Waals surface area contributed by atoms with E-state index in [-0.39, 0.29) is 11.3 Å². The number of hydrogen-bond donors (Lipinski definition) is 0. The van der Waals surface area contributed by atoms with Gasteiger partial charge in [-0.15, -0.1) is 0 Å². The van der Waals surface area contributed by atoms with Crippen LogP contribution in [0.15, 0.2) is 60.2 Å². The highest BCUT2D eigenvalue weighted by molar-refractivity contribution is 6.46. The quantitative estimate of drug-likeness (QED) is 0.315. The zero-order valence-corrected chi connectivity index (χ0v) is 18.5. The molecule has 3 atom stereocenters. The molecular weight excluding hydrogens is 466 g/mol. The van der Waals surface area contributed by atoms with Gasteiger partial charge in [-0.05, 0) is 29.7 Å². The van der Waals surface area contributed by atoms with Crippen molar-refractivity contribution in [3.8, 4) is 17.6 Å². The van der Waals surface area contributed by atoms with E-state index in [2.05, 4.69) is 0 Å². The number of halogens is 5. The minimum Gasteiger partial charge on any atom is -0.454 e. The molecule has 0 heterocycles. The van der Waals surface area contributed by atoms with E-state index in [1.165, 1.54) is 12.1 Å². The second-order valence-corrected chi connectivity index (χ2v) is 8.92. The van der Waals surface area contributed by atoms with E-state index in [9.17, 15) is 23.2 Å². The first-order chi connectivity index (χ1) is 15.1. The largest absolute Gasteiger partial charge is 0.454 e. The molecule has 0 saturated heterocycles. The van der Waals surface area contributed by atoms with Crippen LogP contribution in [-0.4, -0.2) is 10.8 Å². The Hall–Kier alpha value is -2.69. The van der Waals surface area contributed by atoms with Gasteiger partial charge in [0.2, 0.25) is 6.10 Å². The molecule has 4 nitrogen and oxygen atoms in total. The molecule has 3 rings (SSSR count). The maximum Gasteiger partial charge on any atom is 0.311 e. The molecule has 1 aliphatic carbocycles. The van der Waals surface area contributed by atoms with Crippen LogP contribution >= 0.6 is 23.2 Å². The number of rotatable bonds is 7. The van der Waals surface area contributed by atoms with Gasteiger partial charge in [-0.3, -0.25) is 4.79 Å². The van der Waals surface area contributed by atoms with E-state index < -0.39 is 51.6 Å². The Kier molecular flexibility index (Phi) is 7.06. The van der Waals surface area contributed by atoms with E-state index in [1.54, 1.807) is 44.2 Å². The summed E-state index contributed by atoms with van der Waals surface area (Å²) in [5.41, 5.74) is -0.807. The van der Waals surface area contributed by atoms with Gasteiger partial charge in [0.05, 0.1) is 5.92 Å². The molecule has 0 aromatic heterocycles. The maximum atomic E-state index is 14.4. The molecule has 0 N–H and O–H groups in total. The SMILES string of the molecule is CC1(C)C(C(=O)OC(C#N)c2ccc(F)c(Oc3ccccc3)c2)C1/C(F)=C(\F)C(Cl)Cl. The minimum atomic E-state index is -1.70. The van der Waals surface area contributed by atoms with Crippen LogP contribution in [-0.2, 0) is 9.53 Å². The van der Waals surface area contributed by atoms with Gasteiger partial charge in [0.25, 0.3) is 0 Å². The number of nitriles is 1. The molecule has 0 amide bonds. The standard InChI is InChI=1S/C23H18Cl2F3NO3/c1-23(2)17(19(27)20(28)21(24)25)18(23)22(30)32-16(11-29)12-8-9-14(26)15(10-12)31-13-6-4-3-5-7-13/h3-10,16-18,21H,1-2H3/b20-19+. The van der Waals surface area contributed by atoms with Crippen molar-refractivity contribution < 1.29 is 27.4 Å². The number of carbonyl (C=O) groups is 1. The first-order valence-electron chi connectivity index (χ1n) is 9.53. The van der Waals surface area contributed by atoms with Crippen molar-refractivity contribution in [3.05, 3.63) is 71.6 Å². The molecule has 2 aromatic carbocycles. The maximum absolute atomic E-state index is 14.4. The summed E-state index contributed by atoms with van der Waals surface area (Å²) in [6, 6.07) is 13.8. The molecule has 1 saturated carbocycles. The number of ether oxygens (including phenoxy) is 2. The molecule has 0 radical (unpaired) electrons. The van der Waals surface area contributed by atoms with Crippen LogP contribution in [0.3, 0.4) is 0 Å². The predicted molar refractivity (Wildman–Crippen MR) is 113 cm³/mol. The Balaban J connectivity index is 1.79. The summed E-state index contributed by atoms with van der Waals surface area (Å²) in [5, 5.41) is 9.51. The van der Waals surface area contributed by atoms with Crippen molar-refractivity contribution in [2.45, 2.75) is 24.8 Å². The van der Waals surface area contributed by atoms with Crippen molar-refractivity contribution >= 4 is 29.2 Å². The number of hydrogen-bond acceptors (Lipinski definition) is 4. The Bertz CT molecular complexity index is 1080.